The van der Waals surface area contributed by atoms with E-state index in [1.165, 1.54) is 36.1 Å². The molecule has 0 aliphatic carbocycles. The van der Waals surface area contributed by atoms with Crippen LogP contribution in [0.25, 0.3) is 22.4 Å². The Balaban J connectivity index is 1.19. The first-order chi connectivity index (χ1) is 16.3. The van der Waals surface area contributed by atoms with Crippen LogP contribution < -0.4 is 4.90 Å². The molecule has 1 saturated heterocycles. The molecule has 3 aromatic carbocycles. The molecule has 3 aliphatic rings. The quantitative estimate of drug-likeness (QED) is 0.423. The summed E-state index contributed by atoms with van der Waals surface area (Å²) in [5.41, 5.74) is 11.5. The first kappa shape index (κ1) is 18.8. The highest BCUT2D eigenvalue weighted by Crippen LogP contribution is 2.35. The number of benzene rings is 3. The van der Waals surface area contributed by atoms with Gasteiger partial charge in [0.25, 0.3) is 0 Å². The lowest BCUT2D eigenvalue weighted by Crippen LogP contribution is -2.29. The molecule has 4 aromatic rings. The van der Waals surface area contributed by atoms with Crippen LogP contribution in [0.2, 0.25) is 0 Å². The number of fused-ring (bicyclic) bond motifs is 3. The Bertz CT molecular complexity index is 1450. The minimum atomic E-state index is 0.880. The fourth-order valence-corrected chi connectivity index (χ4v) is 5.26. The zero-order valence-electron chi connectivity index (χ0n) is 18.5. The van der Waals surface area contributed by atoms with Gasteiger partial charge in [-0.05, 0) is 66.3 Å². The number of imidazole rings is 1. The minimum Gasteiger partial charge on any atom is -0.371 e. The molecule has 3 aliphatic heterocycles. The average Bonchev–Trinajstić information content (AvgIpc) is 3.60. The smallest absolute Gasteiger partial charge is 0.138 e. The Morgan fingerprint density at radius 1 is 0.788 bits per heavy atom. The SMILES string of the molecule is C1=Nc2cc(-c3nc4ccc(C5=Nc6cc(N7CCCCC7)ccc6C5)cc4[nH]3)ccc2C1. The van der Waals surface area contributed by atoms with Crippen molar-refractivity contribution in [1.82, 2.24) is 9.97 Å². The summed E-state index contributed by atoms with van der Waals surface area (Å²) in [7, 11) is 0. The number of aromatic nitrogens is 2. The van der Waals surface area contributed by atoms with E-state index in [1.54, 1.807) is 0 Å². The maximum absolute atomic E-state index is 5.03. The van der Waals surface area contributed by atoms with Gasteiger partial charge in [-0.3, -0.25) is 9.98 Å². The third kappa shape index (κ3) is 3.27. The zero-order chi connectivity index (χ0) is 21.8. The Morgan fingerprint density at radius 3 is 2.61 bits per heavy atom. The van der Waals surface area contributed by atoms with Gasteiger partial charge in [0, 0.05) is 43.4 Å². The number of nitrogens with one attached hydrogen (secondary N) is 1. The zero-order valence-corrected chi connectivity index (χ0v) is 18.5. The molecule has 0 radical (unpaired) electrons. The van der Waals surface area contributed by atoms with Gasteiger partial charge in [0.1, 0.15) is 5.82 Å². The number of aliphatic imine (C=N–C) groups is 2. The topological polar surface area (TPSA) is 56.6 Å². The fourth-order valence-electron chi connectivity index (χ4n) is 5.26. The van der Waals surface area contributed by atoms with E-state index < -0.39 is 0 Å². The molecule has 0 amide bonds. The van der Waals surface area contributed by atoms with E-state index in [-0.39, 0.29) is 0 Å². The summed E-state index contributed by atoms with van der Waals surface area (Å²) in [4.78, 5) is 20.3. The monoisotopic (exact) mass is 431 g/mol. The molecule has 1 fully saturated rings. The van der Waals surface area contributed by atoms with Crippen LogP contribution in [0, 0.1) is 0 Å². The largest absolute Gasteiger partial charge is 0.371 e. The Hall–Kier alpha value is -3.73. The molecule has 33 heavy (non-hydrogen) atoms. The highest BCUT2D eigenvalue weighted by molar-refractivity contribution is 6.08. The number of hydrogen-bond donors (Lipinski definition) is 1. The fraction of sp³-hybridized carbons (Fsp3) is 0.250. The second-order valence-corrected chi connectivity index (χ2v) is 9.27. The number of H-pyrrole nitrogens is 1. The molecule has 5 heteroatoms. The molecule has 0 atom stereocenters. The van der Waals surface area contributed by atoms with Crippen LogP contribution in [-0.4, -0.2) is 35.0 Å². The van der Waals surface area contributed by atoms with E-state index in [1.807, 2.05) is 6.21 Å². The van der Waals surface area contributed by atoms with Crippen LogP contribution in [0.5, 0.6) is 0 Å². The van der Waals surface area contributed by atoms with Crippen LogP contribution in [0.1, 0.15) is 36.0 Å². The van der Waals surface area contributed by atoms with Gasteiger partial charge >= 0.3 is 0 Å². The number of aromatic amines is 1. The van der Waals surface area contributed by atoms with Crippen molar-refractivity contribution in [3.63, 3.8) is 0 Å². The maximum Gasteiger partial charge on any atom is 0.138 e. The first-order valence-electron chi connectivity index (χ1n) is 11.9. The molecule has 162 valence electrons. The first-order valence-corrected chi connectivity index (χ1v) is 11.9. The van der Waals surface area contributed by atoms with Crippen molar-refractivity contribution in [1.29, 1.82) is 0 Å². The van der Waals surface area contributed by atoms with Gasteiger partial charge in [0.05, 0.1) is 28.1 Å². The van der Waals surface area contributed by atoms with E-state index >= 15 is 0 Å². The van der Waals surface area contributed by atoms with Crippen molar-refractivity contribution in [2.75, 3.05) is 18.0 Å². The summed E-state index contributed by atoms with van der Waals surface area (Å²) < 4.78 is 0. The van der Waals surface area contributed by atoms with Crippen LogP contribution in [0.15, 0.2) is 64.6 Å². The Labute approximate surface area is 192 Å². The van der Waals surface area contributed by atoms with Crippen LogP contribution in [0.4, 0.5) is 17.1 Å². The molecule has 0 spiro atoms. The number of piperidine rings is 1. The number of nitrogens with zero attached hydrogens (tertiary/aromatic N) is 4. The normalized spacial score (nSPS) is 16.8. The summed E-state index contributed by atoms with van der Waals surface area (Å²) >= 11 is 0. The standard InChI is InChI=1S/C28H25N5/c1-2-12-33(13-3-1)22-8-6-19-14-25(30-26(19)17-22)20-7-9-23-27(15-20)32-28(31-23)21-5-4-18-10-11-29-24(18)16-21/h4-9,11,15-17H,1-3,10,12-14H2,(H,31,32). The van der Waals surface area contributed by atoms with Crippen molar-refractivity contribution in [3.8, 4) is 11.4 Å². The van der Waals surface area contributed by atoms with Crippen molar-refractivity contribution in [2.45, 2.75) is 32.1 Å². The highest BCUT2D eigenvalue weighted by Gasteiger charge is 2.20. The Kier molecular flexibility index (Phi) is 4.22. The molecular weight excluding hydrogens is 406 g/mol. The second-order valence-electron chi connectivity index (χ2n) is 9.27. The van der Waals surface area contributed by atoms with Crippen molar-refractivity contribution in [2.24, 2.45) is 9.98 Å². The van der Waals surface area contributed by atoms with Crippen molar-refractivity contribution < 1.29 is 0 Å². The summed E-state index contributed by atoms with van der Waals surface area (Å²) in [6.45, 7) is 2.31. The summed E-state index contributed by atoms with van der Waals surface area (Å²) in [6, 6.07) is 19.6. The molecule has 5 nitrogen and oxygen atoms in total. The maximum atomic E-state index is 5.03. The van der Waals surface area contributed by atoms with Crippen molar-refractivity contribution in [3.05, 3.63) is 71.3 Å². The van der Waals surface area contributed by atoms with Gasteiger partial charge in [-0.2, -0.15) is 0 Å². The number of rotatable bonds is 3. The molecule has 0 unspecified atom stereocenters. The van der Waals surface area contributed by atoms with Gasteiger partial charge in [-0.1, -0.05) is 24.3 Å². The summed E-state index contributed by atoms with van der Waals surface area (Å²) in [6.07, 6.45) is 7.69. The van der Waals surface area contributed by atoms with E-state index in [0.29, 0.717) is 0 Å². The second kappa shape index (κ2) is 7.41. The lowest BCUT2D eigenvalue weighted by Gasteiger charge is -2.29. The van der Waals surface area contributed by atoms with Gasteiger partial charge in [0.15, 0.2) is 0 Å². The minimum absolute atomic E-state index is 0.880. The third-order valence-electron chi connectivity index (χ3n) is 7.12. The van der Waals surface area contributed by atoms with Crippen LogP contribution in [-0.2, 0) is 12.8 Å². The molecule has 7 rings (SSSR count). The lowest BCUT2D eigenvalue weighted by atomic mass is 10.0. The molecule has 1 N–H and O–H groups in total. The Morgan fingerprint density at radius 2 is 1.67 bits per heavy atom. The molecule has 1 aromatic heterocycles. The van der Waals surface area contributed by atoms with E-state index in [9.17, 15) is 0 Å². The van der Waals surface area contributed by atoms with E-state index in [0.717, 1.165) is 71.0 Å². The van der Waals surface area contributed by atoms with Gasteiger partial charge in [0.2, 0.25) is 0 Å². The highest BCUT2D eigenvalue weighted by atomic mass is 15.1. The van der Waals surface area contributed by atoms with Crippen molar-refractivity contribution >= 4 is 40.0 Å². The van der Waals surface area contributed by atoms with Crippen LogP contribution in [0.3, 0.4) is 0 Å². The van der Waals surface area contributed by atoms with Gasteiger partial charge in [-0.15, -0.1) is 0 Å². The predicted molar refractivity (Wildman–Crippen MR) is 136 cm³/mol. The van der Waals surface area contributed by atoms with E-state index in [2.05, 4.69) is 69.5 Å². The molecule has 0 bridgehead atoms. The number of hydrogen-bond acceptors (Lipinski definition) is 4. The number of anilines is 1. The molecule has 4 heterocycles. The third-order valence-corrected chi connectivity index (χ3v) is 7.12. The van der Waals surface area contributed by atoms with Gasteiger partial charge < -0.3 is 9.88 Å². The summed E-state index contributed by atoms with van der Waals surface area (Å²) in [5, 5.41) is 0. The van der Waals surface area contributed by atoms with Crippen LogP contribution >= 0.6 is 0 Å². The van der Waals surface area contributed by atoms with E-state index in [4.69, 9.17) is 9.98 Å². The molecular formula is C28H25N5. The molecule has 0 saturated carbocycles. The predicted octanol–water partition coefficient (Wildman–Crippen LogP) is 6.16. The summed E-state index contributed by atoms with van der Waals surface area (Å²) in [5.74, 6) is 0.884. The lowest BCUT2D eigenvalue weighted by molar-refractivity contribution is 0.578. The average molecular weight is 432 g/mol. The van der Waals surface area contributed by atoms with Gasteiger partial charge in [-0.25, -0.2) is 4.98 Å².